The fourth-order valence-corrected chi connectivity index (χ4v) is 2.85. The molecule has 1 atom stereocenters. The first-order chi connectivity index (χ1) is 11.0. The maximum absolute atomic E-state index is 14.1. The van der Waals surface area contributed by atoms with Crippen molar-refractivity contribution in [3.05, 3.63) is 94.8 Å². The fourth-order valence-electron chi connectivity index (χ4n) is 2.85. The third-order valence-electron chi connectivity index (χ3n) is 4.42. The van der Waals surface area contributed by atoms with Crippen LogP contribution in [0.3, 0.4) is 0 Å². The van der Waals surface area contributed by atoms with Crippen LogP contribution in [0.4, 0.5) is 4.39 Å². The standard InChI is InChI=1S/C22H21F/c1-15-4-7-18(8-5-15)17(3)19-9-11-20(12-10-19)21-13-6-16(2)14-22(21)23/h4-14,17H,1-3H3. The van der Waals surface area contributed by atoms with E-state index < -0.39 is 0 Å². The number of benzene rings is 3. The molecule has 0 spiro atoms. The Morgan fingerprint density at radius 1 is 0.696 bits per heavy atom. The van der Waals surface area contributed by atoms with E-state index in [4.69, 9.17) is 0 Å². The van der Waals surface area contributed by atoms with Crippen LogP contribution >= 0.6 is 0 Å². The van der Waals surface area contributed by atoms with E-state index in [1.54, 1.807) is 6.07 Å². The molecule has 116 valence electrons. The van der Waals surface area contributed by atoms with Crippen molar-refractivity contribution in [2.45, 2.75) is 26.7 Å². The van der Waals surface area contributed by atoms with E-state index in [9.17, 15) is 4.39 Å². The van der Waals surface area contributed by atoms with Crippen molar-refractivity contribution in [1.29, 1.82) is 0 Å². The van der Waals surface area contributed by atoms with Gasteiger partial charge in [0.25, 0.3) is 0 Å². The summed E-state index contributed by atoms with van der Waals surface area (Å²) in [7, 11) is 0. The van der Waals surface area contributed by atoms with Crippen molar-refractivity contribution >= 4 is 0 Å². The van der Waals surface area contributed by atoms with Gasteiger partial charge in [0.2, 0.25) is 0 Å². The Morgan fingerprint density at radius 2 is 1.22 bits per heavy atom. The highest BCUT2D eigenvalue weighted by Crippen LogP contribution is 2.28. The molecule has 0 saturated carbocycles. The van der Waals surface area contributed by atoms with Gasteiger partial charge >= 0.3 is 0 Å². The van der Waals surface area contributed by atoms with Crippen LogP contribution < -0.4 is 0 Å². The molecule has 0 radical (unpaired) electrons. The van der Waals surface area contributed by atoms with E-state index in [0.717, 1.165) is 11.1 Å². The van der Waals surface area contributed by atoms with E-state index in [2.05, 4.69) is 50.2 Å². The minimum atomic E-state index is -0.163. The van der Waals surface area contributed by atoms with Crippen LogP contribution in [-0.2, 0) is 0 Å². The average molecular weight is 304 g/mol. The van der Waals surface area contributed by atoms with Crippen molar-refractivity contribution in [2.24, 2.45) is 0 Å². The van der Waals surface area contributed by atoms with Crippen LogP contribution in [-0.4, -0.2) is 0 Å². The van der Waals surface area contributed by atoms with E-state index in [1.807, 2.05) is 31.2 Å². The summed E-state index contributed by atoms with van der Waals surface area (Å²) < 4.78 is 14.1. The number of aryl methyl sites for hydroxylation is 2. The van der Waals surface area contributed by atoms with Gasteiger partial charge in [0, 0.05) is 11.5 Å². The van der Waals surface area contributed by atoms with Gasteiger partial charge in [-0.1, -0.05) is 73.2 Å². The maximum atomic E-state index is 14.1. The van der Waals surface area contributed by atoms with Crippen LogP contribution in [0.25, 0.3) is 11.1 Å². The Hall–Kier alpha value is -2.41. The predicted octanol–water partition coefficient (Wildman–Crippen LogP) is 6.26. The molecule has 0 aliphatic heterocycles. The van der Waals surface area contributed by atoms with Gasteiger partial charge in [0.1, 0.15) is 5.82 Å². The monoisotopic (exact) mass is 304 g/mol. The highest BCUT2D eigenvalue weighted by molar-refractivity contribution is 5.65. The van der Waals surface area contributed by atoms with Gasteiger partial charge in [-0.25, -0.2) is 4.39 Å². The van der Waals surface area contributed by atoms with E-state index in [1.165, 1.54) is 16.7 Å². The van der Waals surface area contributed by atoms with Crippen LogP contribution in [0.1, 0.15) is 35.1 Å². The zero-order valence-electron chi connectivity index (χ0n) is 13.8. The van der Waals surface area contributed by atoms with Gasteiger partial charge in [0.15, 0.2) is 0 Å². The second-order valence-electron chi connectivity index (χ2n) is 6.24. The van der Waals surface area contributed by atoms with Crippen LogP contribution in [0.5, 0.6) is 0 Å². The van der Waals surface area contributed by atoms with Crippen molar-refractivity contribution in [2.75, 3.05) is 0 Å². The molecule has 0 fully saturated rings. The first-order valence-corrected chi connectivity index (χ1v) is 7.97. The van der Waals surface area contributed by atoms with E-state index >= 15 is 0 Å². The van der Waals surface area contributed by atoms with Gasteiger partial charge in [0.05, 0.1) is 0 Å². The van der Waals surface area contributed by atoms with Gasteiger partial charge in [-0.15, -0.1) is 0 Å². The van der Waals surface area contributed by atoms with Gasteiger partial charge in [-0.05, 0) is 42.2 Å². The first kappa shape index (κ1) is 15.5. The van der Waals surface area contributed by atoms with E-state index in [0.29, 0.717) is 11.5 Å². The molecule has 0 aromatic heterocycles. The molecule has 0 bridgehead atoms. The molecule has 0 nitrogen and oxygen atoms in total. The second kappa shape index (κ2) is 6.37. The smallest absolute Gasteiger partial charge is 0.131 e. The molecule has 0 heterocycles. The molecule has 0 N–H and O–H groups in total. The van der Waals surface area contributed by atoms with Gasteiger partial charge < -0.3 is 0 Å². The predicted molar refractivity (Wildman–Crippen MR) is 95.3 cm³/mol. The third-order valence-corrected chi connectivity index (χ3v) is 4.42. The van der Waals surface area contributed by atoms with Crippen LogP contribution in [0.2, 0.25) is 0 Å². The Balaban J connectivity index is 1.88. The van der Waals surface area contributed by atoms with E-state index in [-0.39, 0.29) is 5.82 Å². The third kappa shape index (κ3) is 3.34. The SMILES string of the molecule is Cc1ccc(C(C)c2ccc(-c3ccc(C)cc3F)cc2)cc1. The Kier molecular flexibility index (Phi) is 4.29. The number of rotatable bonds is 3. The number of hydrogen-bond acceptors (Lipinski definition) is 0. The van der Waals surface area contributed by atoms with Crippen molar-refractivity contribution in [3.63, 3.8) is 0 Å². The summed E-state index contributed by atoms with van der Waals surface area (Å²) in [5.41, 5.74) is 6.32. The topological polar surface area (TPSA) is 0 Å². The highest BCUT2D eigenvalue weighted by Gasteiger charge is 2.10. The normalized spacial score (nSPS) is 12.2. The quantitative estimate of drug-likeness (QED) is 0.535. The molecule has 3 aromatic rings. The van der Waals surface area contributed by atoms with Gasteiger partial charge in [-0.3, -0.25) is 0 Å². The summed E-state index contributed by atoms with van der Waals surface area (Å²) in [6.07, 6.45) is 0. The van der Waals surface area contributed by atoms with Crippen molar-refractivity contribution in [1.82, 2.24) is 0 Å². The first-order valence-electron chi connectivity index (χ1n) is 7.97. The summed E-state index contributed by atoms with van der Waals surface area (Å²) in [4.78, 5) is 0. The molecule has 1 unspecified atom stereocenters. The number of hydrogen-bond donors (Lipinski definition) is 0. The molecule has 1 heteroatoms. The van der Waals surface area contributed by atoms with Crippen LogP contribution in [0, 0.1) is 19.7 Å². The van der Waals surface area contributed by atoms with Gasteiger partial charge in [-0.2, -0.15) is 0 Å². The molecular weight excluding hydrogens is 283 g/mol. The molecule has 3 rings (SSSR count). The summed E-state index contributed by atoms with van der Waals surface area (Å²) in [6.45, 7) is 6.20. The lowest BCUT2D eigenvalue weighted by Gasteiger charge is -2.14. The van der Waals surface area contributed by atoms with Crippen molar-refractivity contribution < 1.29 is 4.39 Å². The summed E-state index contributed by atoms with van der Waals surface area (Å²) in [5.74, 6) is 0.164. The molecule has 3 aromatic carbocycles. The fraction of sp³-hybridized carbons (Fsp3) is 0.182. The zero-order valence-corrected chi connectivity index (χ0v) is 13.8. The molecule has 0 saturated heterocycles. The summed E-state index contributed by atoms with van der Waals surface area (Å²) in [5, 5.41) is 0. The molecule has 0 aliphatic carbocycles. The Labute approximate surface area is 137 Å². The molecule has 0 amide bonds. The minimum absolute atomic E-state index is 0.163. The average Bonchev–Trinajstić information content (AvgIpc) is 2.55. The molecular formula is C22H21F. The lowest BCUT2D eigenvalue weighted by molar-refractivity contribution is 0.630. The summed E-state index contributed by atoms with van der Waals surface area (Å²) >= 11 is 0. The maximum Gasteiger partial charge on any atom is 0.131 e. The van der Waals surface area contributed by atoms with Crippen LogP contribution in [0.15, 0.2) is 66.7 Å². The number of halogens is 1. The minimum Gasteiger partial charge on any atom is -0.206 e. The Morgan fingerprint density at radius 3 is 1.78 bits per heavy atom. The largest absolute Gasteiger partial charge is 0.206 e. The molecule has 0 aliphatic rings. The lowest BCUT2D eigenvalue weighted by atomic mass is 9.91. The lowest BCUT2D eigenvalue weighted by Crippen LogP contribution is -1.96. The zero-order chi connectivity index (χ0) is 16.4. The summed E-state index contributed by atoms with van der Waals surface area (Å²) in [6, 6.07) is 22.2. The molecule has 23 heavy (non-hydrogen) atoms. The second-order valence-corrected chi connectivity index (χ2v) is 6.24. The van der Waals surface area contributed by atoms with Crippen molar-refractivity contribution in [3.8, 4) is 11.1 Å². The Bertz CT molecular complexity index is 798. The highest BCUT2D eigenvalue weighted by atomic mass is 19.1.